The molecule has 0 aliphatic rings. The van der Waals surface area contributed by atoms with Crippen LogP contribution in [0, 0.1) is 0 Å². The largest absolute Gasteiger partial charge is 0.497 e. The Morgan fingerprint density at radius 1 is 0.953 bits per heavy atom. The average molecular weight is 649 g/mol. The summed E-state index contributed by atoms with van der Waals surface area (Å²) in [5.74, 6) is -0.0303. The van der Waals surface area contributed by atoms with Gasteiger partial charge in [0, 0.05) is 38.0 Å². The van der Waals surface area contributed by atoms with Gasteiger partial charge in [0.15, 0.2) is 0 Å². The van der Waals surface area contributed by atoms with Gasteiger partial charge in [-0.2, -0.15) is 0 Å². The summed E-state index contributed by atoms with van der Waals surface area (Å²) in [6, 6.07) is 20.5. The van der Waals surface area contributed by atoms with Crippen molar-refractivity contribution in [3.05, 3.63) is 94.0 Å². The maximum Gasteiger partial charge on any atom is 0.243 e. The van der Waals surface area contributed by atoms with Crippen LogP contribution in [0.15, 0.2) is 72.8 Å². The minimum atomic E-state index is -3.64. The number of nitrogens with one attached hydrogen (secondary N) is 1. The van der Waals surface area contributed by atoms with Crippen LogP contribution >= 0.6 is 23.2 Å². The summed E-state index contributed by atoms with van der Waals surface area (Å²) in [6.07, 6.45) is 2.40. The molecule has 0 unspecified atom stereocenters. The topological polar surface area (TPSA) is 96.0 Å². The molecule has 0 aromatic heterocycles. The number of carbonyl (C=O) groups is 2. The molecule has 0 heterocycles. The van der Waals surface area contributed by atoms with Crippen molar-refractivity contribution in [1.82, 2.24) is 10.2 Å². The molecular formula is C32H39Cl2N3O5S. The molecule has 3 aromatic carbocycles. The fourth-order valence-electron chi connectivity index (χ4n) is 4.60. The van der Waals surface area contributed by atoms with Crippen molar-refractivity contribution in [3.8, 4) is 5.75 Å². The average Bonchev–Trinajstić information content (AvgIpc) is 2.98. The number of amides is 2. The molecule has 3 rings (SSSR count). The first-order valence-corrected chi connectivity index (χ1v) is 16.7. The number of sulfonamides is 1. The molecule has 2 amide bonds. The smallest absolute Gasteiger partial charge is 0.243 e. The maximum atomic E-state index is 14.0. The minimum absolute atomic E-state index is 0.0131. The molecule has 43 heavy (non-hydrogen) atoms. The molecule has 0 saturated carbocycles. The number of benzene rings is 3. The predicted molar refractivity (Wildman–Crippen MR) is 173 cm³/mol. The summed E-state index contributed by atoms with van der Waals surface area (Å²) < 4.78 is 31.9. The van der Waals surface area contributed by atoms with Crippen molar-refractivity contribution in [2.24, 2.45) is 0 Å². The van der Waals surface area contributed by atoms with Crippen LogP contribution in [0.2, 0.25) is 10.0 Å². The van der Waals surface area contributed by atoms with Crippen molar-refractivity contribution in [2.75, 3.05) is 24.2 Å². The SMILES string of the molecule is CC[C@H](C)NC(=O)[C@@H](Cc1ccccc1)N(Cc1ccc(Cl)c(Cl)c1)C(=O)CCCN(c1cccc(OC)c1)S(C)(=O)=O. The van der Waals surface area contributed by atoms with Crippen LogP contribution in [0.5, 0.6) is 5.75 Å². The van der Waals surface area contributed by atoms with Gasteiger partial charge in [-0.15, -0.1) is 0 Å². The second kappa shape index (κ2) is 16.0. The molecule has 0 fully saturated rings. The summed E-state index contributed by atoms with van der Waals surface area (Å²) in [5, 5.41) is 3.77. The van der Waals surface area contributed by atoms with Gasteiger partial charge in [-0.05, 0) is 55.2 Å². The van der Waals surface area contributed by atoms with Gasteiger partial charge in [0.1, 0.15) is 11.8 Å². The number of ether oxygens (including phenoxy) is 1. The van der Waals surface area contributed by atoms with Crippen LogP contribution in [0.3, 0.4) is 0 Å². The zero-order valence-electron chi connectivity index (χ0n) is 24.9. The molecule has 232 valence electrons. The second-order valence-corrected chi connectivity index (χ2v) is 13.2. The Labute approximate surface area is 265 Å². The molecule has 3 aromatic rings. The van der Waals surface area contributed by atoms with Gasteiger partial charge < -0.3 is 15.0 Å². The lowest BCUT2D eigenvalue weighted by Gasteiger charge is -2.33. The number of nitrogens with zero attached hydrogens (tertiary/aromatic N) is 2. The highest BCUT2D eigenvalue weighted by molar-refractivity contribution is 7.92. The summed E-state index contributed by atoms with van der Waals surface area (Å²) in [7, 11) is -2.14. The number of carbonyl (C=O) groups excluding carboxylic acids is 2. The number of halogens is 2. The lowest BCUT2D eigenvalue weighted by Crippen LogP contribution is -2.52. The van der Waals surface area contributed by atoms with E-state index in [1.807, 2.05) is 44.2 Å². The fraction of sp³-hybridized carbons (Fsp3) is 0.375. The summed E-state index contributed by atoms with van der Waals surface area (Å²) in [6.45, 7) is 4.08. The molecule has 0 spiro atoms. The van der Waals surface area contributed by atoms with Crippen LogP contribution in [-0.2, 0) is 32.6 Å². The lowest BCUT2D eigenvalue weighted by atomic mass is 10.0. The number of methoxy groups -OCH3 is 1. The van der Waals surface area contributed by atoms with Crippen molar-refractivity contribution in [3.63, 3.8) is 0 Å². The van der Waals surface area contributed by atoms with Gasteiger partial charge in [0.05, 0.1) is 29.1 Å². The van der Waals surface area contributed by atoms with Gasteiger partial charge in [-0.1, -0.05) is 72.6 Å². The lowest BCUT2D eigenvalue weighted by molar-refractivity contribution is -0.141. The number of hydrogen-bond acceptors (Lipinski definition) is 5. The van der Waals surface area contributed by atoms with Gasteiger partial charge in [0.2, 0.25) is 21.8 Å². The van der Waals surface area contributed by atoms with Crippen molar-refractivity contribution in [1.29, 1.82) is 0 Å². The molecule has 0 aliphatic carbocycles. The molecule has 11 heteroatoms. The van der Waals surface area contributed by atoms with Crippen LogP contribution in [0.1, 0.15) is 44.2 Å². The van der Waals surface area contributed by atoms with Gasteiger partial charge in [-0.25, -0.2) is 8.42 Å². The standard InChI is InChI=1S/C32H39Cl2N3O5S/c1-5-23(2)35-32(39)30(20-24-11-7-6-8-12-24)36(22-25-16-17-28(33)29(34)19-25)31(38)15-10-18-37(43(4,40)41)26-13-9-14-27(21-26)42-3/h6-9,11-14,16-17,19,21,23,30H,5,10,15,18,20,22H2,1-4H3,(H,35,39)/t23-,30+/m0/s1. The van der Waals surface area contributed by atoms with E-state index >= 15 is 0 Å². The Morgan fingerprint density at radius 2 is 1.67 bits per heavy atom. The number of hydrogen-bond donors (Lipinski definition) is 1. The highest BCUT2D eigenvalue weighted by Gasteiger charge is 2.31. The Kier molecular flexibility index (Phi) is 12.7. The summed E-state index contributed by atoms with van der Waals surface area (Å²) >= 11 is 12.4. The van der Waals surface area contributed by atoms with Gasteiger partial charge in [-0.3, -0.25) is 13.9 Å². The van der Waals surface area contributed by atoms with Crippen LogP contribution in [0.25, 0.3) is 0 Å². The van der Waals surface area contributed by atoms with Crippen LogP contribution in [-0.4, -0.2) is 57.1 Å². The van der Waals surface area contributed by atoms with E-state index in [2.05, 4.69) is 5.32 Å². The maximum absolute atomic E-state index is 14.0. The molecule has 0 bridgehead atoms. The first kappa shape index (κ1) is 34.2. The van der Waals surface area contributed by atoms with Gasteiger partial charge >= 0.3 is 0 Å². The summed E-state index contributed by atoms with van der Waals surface area (Å²) in [5.41, 5.74) is 2.06. The molecule has 2 atom stereocenters. The van der Waals surface area contributed by atoms with E-state index in [-0.39, 0.29) is 43.8 Å². The van der Waals surface area contributed by atoms with Crippen molar-refractivity contribution in [2.45, 2.75) is 58.2 Å². The first-order valence-electron chi connectivity index (χ1n) is 14.1. The zero-order valence-corrected chi connectivity index (χ0v) is 27.3. The first-order chi connectivity index (χ1) is 20.4. The van der Waals surface area contributed by atoms with E-state index in [9.17, 15) is 18.0 Å². The third-order valence-corrected chi connectivity index (χ3v) is 9.04. The monoisotopic (exact) mass is 647 g/mol. The second-order valence-electron chi connectivity index (χ2n) is 10.4. The summed E-state index contributed by atoms with van der Waals surface area (Å²) in [4.78, 5) is 29.2. The Bertz CT molecular complexity index is 1490. The van der Waals surface area contributed by atoms with Gasteiger partial charge in [0.25, 0.3) is 0 Å². The van der Waals surface area contributed by atoms with E-state index in [1.54, 1.807) is 47.4 Å². The fourth-order valence-corrected chi connectivity index (χ4v) is 5.88. The normalized spacial score (nSPS) is 12.7. The molecule has 0 aliphatic heterocycles. The number of rotatable bonds is 15. The Hall–Kier alpha value is -3.27. The molecule has 8 nitrogen and oxygen atoms in total. The minimum Gasteiger partial charge on any atom is -0.497 e. The Morgan fingerprint density at radius 3 is 2.30 bits per heavy atom. The van der Waals surface area contributed by atoms with E-state index in [4.69, 9.17) is 27.9 Å². The molecule has 1 N–H and O–H groups in total. The third-order valence-electron chi connectivity index (χ3n) is 7.10. The quantitative estimate of drug-likeness (QED) is 0.215. The molecule has 0 saturated heterocycles. The molecular weight excluding hydrogens is 609 g/mol. The van der Waals surface area contributed by atoms with E-state index in [0.29, 0.717) is 33.5 Å². The zero-order chi connectivity index (χ0) is 31.6. The molecule has 0 radical (unpaired) electrons. The van der Waals surface area contributed by atoms with E-state index in [0.717, 1.165) is 18.2 Å². The van der Waals surface area contributed by atoms with Crippen molar-refractivity contribution >= 4 is 50.7 Å². The van der Waals surface area contributed by atoms with E-state index < -0.39 is 16.1 Å². The Balaban J connectivity index is 1.91. The highest BCUT2D eigenvalue weighted by Crippen LogP contribution is 2.26. The highest BCUT2D eigenvalue weighted by atomic mass is 35.5. The number of anilines is 1. The third kappa shape index (κ3) is 10.2. The van der Waals surface area contributed by atoms with E-state index in [1.165, 1.54) is 11.4 Å². The van der Waals surface area contributed by atoms with Crippen LogP contribution in [0.4, 0.5) is 5.69 Å². The predicted octanol–water partition coefficient (Wildman–Crippen LogP) is 6.10. The van der Waals surface area contributed by atoms with Crippen LogP contribution < -0.4 is 14.4 Å². The van der Waals surface area contributed by atoms with Crippen molar-refractivity contribution < 1.29 is 22.7 Å².